The summed E-state index contributed by atoms with van der Waals surface area (Å²) >= 11 is 0. The lowest BCUT2D eigenvalue weighted by molar-refractivity contribution is -0.139. The highest BCUT2D eigenvalue weighted by molar-refractivity contribution is 7.92. The van der Waals surface area contributed by atoms with Gasteiger partial charge in [0.05, 0.1) is 29.7 Å². The molecule has 0 aromatic heterocycles. The highest BCUT2D eigenvalue weighted by atomic mass is 32.2. The summed E-state index contributed by atoms with van der Waals surface area (Å²) in [5.74, 6) is -0.0824. The van der Waals surface area contributed by atoms with E-state index in [0.29, 0.717) is 17.9 Å². The summed E-state index contributed by atoms with van der Waals surface area (Å²) in [6.07, 6.45) is 8.00. The zero-order valence-corrected chi connectivity index (χ0v) is 23.4. The highest BCUT2D eigenvalue weighted by Gasteiger charge is 2.39. The molecular formula is C29H40N4O4S. The van der Waals surface area contributed by atoms with E-state index in [1.165, 1.54) is 10.6 Å². The van der Waals surface area contributed by atoms with E-state index in [9.17, 15) is 18.0 Å². The molecule has 1 saturated carbocycles. The molecule has 0 unspecified atom stereocenters. The lowest BCUT2D eigenvalue weighted by Gasteiger charge is -2.35. The van der Waals surface area contributed by atoms with Crippen LogP contribution in [0.25, 0.3) is 0 Å². The van der Waals surface area contributed by atoms with Crippen LogP contribution in [0.4, 0.5) is 11.4 Å². The quantitative estimate of drug-likeness (QED) is 0.499. The predicted octanol–water partition coefficient (Wildman–Crippen LogP) is 4.12. The normalized spacial score (nSPS) is 20.1. The van der Waals surface area contributed by atoms with E-state index in [4.69, 9.17) is 0 Å². The fraction of sp³-hybridized carbons (Fsp3) is 0.517. The minimum atomic E-state index is -3.59. The average Bonchev–Trinajstić information content (AvgIpc) is 3.41. The summed E-state index contributed by atoms with van der Waals surface area (Å²) in [5.41, 5.74) is 2.00. The molecule has 1 aliphatic carbocycles. The lowest BCUT2D eigenvalue weighted by atomic mass is 9.83. The predicted molar refractivity (Wildman–Crippen MR) is 151 cm³/mol. The number of anilines is 2. The van der Waals surface area contributed by atoms with Crippen molar-refractivity contribution in [1.82, 2.24) is 15.5 Å². The monoisotopic (exact) mass is 540 g/mol. The summed E-state index contributed by atoms with van der Waals surface area (Å²) in [6, 6.07) is 15.3. The van der Waals surface area contributed by atoms with Gasteiger partial charge in [0.1, 0.15) is 6.04 Å². The fourth-order valence-corrected chi connectivity index (χ4v) is 6.77. The van der Waals surface area contributed by atoms with Crippen molar-refractivity contribution in [2.75, 3.05) is 24.2 Å². The van der Waals surface area contributed by atoms with Crippen LogP contribution >= 0.6 is 0 Å². The van der Waals surface area contributed by atoms with Crippen LogP contribution in [0.15, 0.2) is 54.6 Å². The Morgan fingerprint density at radius 2 is 1.63 bits per heavy atom. The molecule has 2 aromatic carbocycles. The van der Waals surface area contributed by atoms with Crippen LogP contribution in [-0.4, -0.2) is 57.1 Å². The van der Waals surface area contributed by atoms with Crippen LogP contribution in [0, 0.1) is 5.92 Å². The first-order valence-corrected chi connectivity index (χ1v) is 15.5. The number of amides is 2. The van der Waals surface area contributed by atoms with Crippen molar-refractivity contribution in [3.8, 4) is 0 Å². The number of carbonyl (C=O) groups is 2. The highest BCUT2D eigenvalue weighted by Crippen LogP contribution is 2.37. The number of carbonyl (C=O) groups excluding carboxylic acids is 2. The number of rotatable bonds is 9. The minimum absolute atomic E-state index is 0.0375. The van der Waals surface area contributed by atoms with E-state index in [0.717, 1.165) is 50.5 Å². The largest absolute Gasteiger partial charge is 0.343 e. The average molecular weight is 541 g/mol. The van der Waals surface area contributed by atoms with Crippen molar-refractivity contribution in [2.24, 2.45) is 5.92 Å². The maximum absolute atomic E-state index is 14.1. The minimum Gasteiger partial charge on any atom is -0.343 e. The Balaban J connectivity index is 1.63. The molecule has 1 aliphatic heterocycles. The summed E-state index contributed by atoms with van der Waals surface area (Å²) in [6.45, 7) is 2.41. The Morgan fingerprint density at radius 3 is 2.29 bits per heavy atom. The van der Waals surface area contributed by atoms with Gasteiger partial charge in [0.15, 0.2) is 0 Å². The molecule has 0 radical (unpaired) electrons. The zero-order valence-electron chi connectivity index (χ0n) is 22.6. The van der Waals surface area contributed by atoms with Gasteiger partial charge in [0.2, 0.25) is 21.8 Å². The van der Waals surface area contributed by atoms with Gasteiger partial charge in [0, 0.05) is 6.54 Å². The Labute approximate surface area is 226 Å². The summed E-state index contributed by atoms with van der Waals surface area (Å²) in [5, 5.41) is 6.04. The molecule has 8 nitrogen and oxygen atoms in total. The third kappa shape index (κ3) is 6.38. The third-order valence-electron chi connectivity index (χ3n) is 7.86. The standard InChI is InChI=1S/C29H40N4O4S/c1-21(30-2)28(34)31-27(22-12-6-4-7-13-22)29(35)32-19-11-18-26(32)23-14-10-17-25(20-23)33(38(3,36)37)24-15-8-5-9-16-24/h5,8-10,14-17,20-22,26-27,30H,4,6-7,11-13,18-19H2,1-3H3,(H,31,34)/t21-,26+,27-/m0/s1. The number of nitrogens with one attached hydrogen (secondary N) is 2. The molecule has 2 aliphatic rings. The van der Waals surface area contributed by atoms with E-state index in [-0.39, 0.29) is 29.8 Å². The van der Waals surface area contributed by atoms with E-state index in [1.807, 2.05) is 41.3 Å². The van der Waals surface area contributed by atoms with Gasteiger partial charge in [-0.05, 0) is 75.4 Å². The van der Waals surface area contributed by atoms with Crippen LogP contribution in [0.2, 0.25) is 0 Å². The second-order valence-electron chi connectivity index (χ2n) is 10.5. The molecular weight excluding hydrogens is 500 g/mol. The van der Waals surface area contributed by atoms with Gasteiger partial charge >= 0.3 is 0 Å². The van der Waals surface area contributed by atoms with Crippen LogP contribution in [0.5, 0.6) is 0 Å². The van der Waals surface area contributed by atoms with Gasteiger partial charge in [-0.1, -0.05) is 49.6 Å². The van der Waals surface area contributed by atoms with Crippen LogP contribution in [-0.2, 0) is 19.6 Å². The number of likely N-dealkylation sites (N-methyl/N-ethyl adjacent to an activating group) is 1. The molecule has 38 heavy (non-hydrogen) atoms. The number of benzene rings is 2. The Hall–Kier alpha value is -2.91. The molecule has 0 bridgehead atoms. The first-order valence-electron chi connectivity index (χ1n) is 13.6. The number of hydrogen-bond donors (Lipinski definition) is 2. The van der Waals surface area contributed by atoms with Gasteiger partial charge in [-0.3, -0.25) is 9.59 Å². The molecule has 9 heteroatoms. The molecule has 2 fully saturated rings. The molecule has 2 N–H and O–H groups in total. The van der Waals surface area contributed by atoms with Crippen LogP contribution < -0.4 is 14.9 Å². The maximum Gasteiger partial charge on any atom is 0.245 e. The first-order chi connectivity index (χ1) is 18.2. The molecule has 1 heterocycles. The molecule has 2 amide bonds. The maximum atomic E-state index is 14.1. The van der Waals surface area contributed by atoms with Crippen LogP contribution in [0.1, 0.15) is 63.5 Å². The van der Waals surface area contributed by atoms with Crippen molar-refractivity contribution in [3.63, 3.8) is 0 Å². The first kappa shape index (κ1) is 28.1. The smallest absolute Gasteiger partial charge is 0.245 e. The molecule has 206 valence electrons. The summed E-state index contributed by atoms with van der Waals surface area (Å²) in [4.78, 5) is 28.8. The van der Waals surface area contributed by atoms with Gasteiger partial charge < -0.3 is 15.5 Å². The fourth-order valence-electron chi connectivity index (χ4n) is 5.77. The van der Waals surface area contributed by atoms with E-state index in [2.05, 4.69) is 10.6 Å². The zero-order chi connectivity index (χ0) is 27.3. The van der Waals surface area contributed by atoms with Crippen molar-refractivity contribution in [3.05, 3.63) is 60.2 Å². The summed E-state index contributed by atoms with van der Waals surface area (Å²) in [7, 11) is -1.86. The van der Waals surface area contributed by atoms with Crippen molar-refractivity contribution in [2.45, 2.75) is 70.0 Å². The molecule has 3 atom stereocenters. The number of likely N-dealkylation sites (tertiary alicyclic amines) is 1. The number of sulfonamides is 1. The lowest BCUT2D eigenvalue weighted by Crippen LogP contribution is -2.55. The molecule has 4 rings (SSSR count). The second-order valence-corrected chi connectivity index (χ2v) is 12.4. The molecule has 0 spiro atoms. The molecule has 2 aromatic rings. The summed E-state index contributed by atoms with van der Waals surface area (Å²) < 4.78 is 26.9. The second kappa shape index (κ2) is 12.3. The number of hydrogen-bond acceptors (Lipinski definition) is 5. The SMILES string of the molecule is CN[C@@H](C)C(=O)N[C@H](C(=O)N1CCC[C@@H]1c1cccc(N(c2ccccc2)S(C)(=O)=O)c1)C1CCCCC1. The number of para-hydroxylation sites is 1. The van der Waals surface area contributed by atoms with Gasteiger partial charge in [0.25, 0.3) is 0 Å². The van der Waals surface area contributed by atoms with E-state index in [1.54, 1.807) is 32.2 Å². The van der Waals surface area contributed by atoms with Crippen molar-refractivity contribution >= 4 is 33.2 Å². The topological polar surface area (TPSA) is 98.8 Å². The van der Waals surface area contributed by atoms with Crippen LogP contribution in [0.3, 0.4) is 0 Å². The van der Waals surface area contributed by atoms with E-state index < -0.39 is 16.1 Å². The van der Waals surface area contributed by atoms with Crippen molar-refractivity contribution in [1.29, 1.82) is 0 Å². The van der Waals surface area contributed by atoms with Gasteiger partial charge in [-0.25, -0.2) is 12.7 Å². The van der Waals surface area contributed by atoms with Crippen molar-refractivity contribution < 1.29 is 18.0 Å². The molecule has 1 saturated heterocycles. The Bertz CT molecular complexity index is 1210. The van der Waals surface area contributed by atoms with Gasteiger partial charge in [-0.2, -0.15) is 0 Å². The van der Waals surface area contributed by atoms with Gasteiger partial charge in [-0.15, -0.1) is 0 Å². The third-order valence-corrected chi connectivity index (χ3v) is 8.94. The Morgan fingerprint density at radius 1 is 0.947 bits per heavy atom. The van der Waals surface area contributed by atoms with E-state index >= 15 is 0 Å². The Kier molecular flexibility index (Phi) is 9.10. The number of nitrogens with zero attached hydrogens (tertiary/aromatic N) is 2.